The molecule has 0 spiro atoms. The van der Waals surface area contributed by atoms with E-state index in [1.807, 2.05) is 0 Å². The molecule has 1 heterocycles. The second-order valence-electron chi connectivity index (χ2n) is 2.27. The molecule has 0 unspecified atom stereocenters. The van der Waals surface area contributed by atoms with Crippen molar-refractivity contribution in [2.45, 2.75) is 6.54 Å². The average molecular weight is 187 g/mol. The van der Waals surface area contributed by atoms with Gasteiger partial charge in [0.15, 0.2) is 5.78 Å². The molecule has 0 aliphatic carbocycles. The molecule has 1 aromatic heterocycles. The summed E-state index contributed by atoms with van der Waals surface area (Å²) in [5.74, 6) is -0.0991. The van der Waals surface area contributed by atoms with Crippen molar-refractivity contribution in [2.75, 3.05) is 13.7 Å². The van der Waals surface area contributed by atoms with Gasteiger partial charge in [0.2, 0.25) is 0 Å². The maximum atomic E-state index is 11.0. The molecule has 1 rings (SSSR count). The summed E-state index contributed by atoms with van der Waals surface area (Å²) >= 11 is 1.08. The molecule has 0 N–H and O–H groups in total. The first-order valence-electron chi connectivity index (χ1n) is 3.38. The number of methoxy groups -OCH3 is 1. The van der Waals surface area contributed by atoms with Gasteiger partial charge in [-0.1, -0.05) is 11.3 Å². The van der Waals surface area contributed by atoms with Crippen molar-refractivity contribution in [1.82, 2.24) is 4.57 Å². The van der Waals surface area contributed by atoms with E-state index < -0.39 is 0 Å². The fourth-order valence-electron chi connectivity index (χ4n) is 0.805. The van der Waals surface area contributed by atoms with Crippen molar-refractivity contribution in [3.63, 3.8) is 0 Å². The molecular weight excluding hydrogens is 178 g/mol. The van der Waals surface area contributed by atoms with Gasteiger partial charge in [-0.15, -0.1) is 0 Å². The maximum absolute atomic E-state index is 11.0. The van der Waals surface area contributed by atoms with Gasteiger partial charge in [0.1, 0.15) is 6.61 Å². The molecular formula is C7H9NO3S. The van der Waals surface area contributed by atoms with Gasteiger partial charge in [0.25, 0.3) is 0 Å². The highest BCUT2D eigenvalue weighted by Crippen LogP contribution is 1.89. The molecule has 0 aliphatic rings. The molecule has 0 fully saturated rings. The van der Waals surface area contributed by atoms with Gasteiger partial charge in [-0.05, 0) is 0 Å². The van der Waals surface area contributed by atoms with E-state index in [0.717, 1.165) is 11.3 Å². The quantitative estimate of drug-likeness (QED) is 0.673. The first kappa shape index (κ1) is 9.15. The van der Waals surface area contributed by atoms with Crippen LogP contribution < -0.4 is 4.87 Å². The predicted octanol–water partition coefficient (Wildman–Crippen LogP) is 0.125. The van der Waals surface area contributed by atoms with Crippen molar-refractivity contribution in [3.8, 4) is 0 Å². The minimum absolute atomic E-state index is 0.0578. The Kier molecular flexibility index (Phi) is 3.19. The lowest BCUT2D eigenvalue weighted by Crippen LogP contribution is -2.21. The fraction of sp³-hybridized carbons (Fsp3) is 0.429. The van der Waals surface area contributed by atoms with Gasteiger partial charge in [0, 0.05) is 18.7 Å². The van der Waals surface area contributed by atoms with Crippen LogP contribution in [0.5, 0.6) is 0 Å². The van der Waals surface area contributed by atoms with Gasteiger partial charge in [-0.2, -0.15) is 0 Å². The Labute approximate surface area is 73.4 Å². The zero-order valence-corrected chi connectivity index (χ0v) is 7.47. The van der Waals surface area contributed by atoms with E-state index in [2.05, 4.69) is 4.74 Å². The third-order valence-electron chi connectivity index (χ3n) is 1.30. The highest BCUT2D eigenvalue weighted by atomic mass is 32.1. The standard InChI is InChI=1S/C7H9NO3S/c1-11-5-6(9)4-8-2-3-12-7(8)10/h2-3H,4-5H2,1H3. The van der Waals surface area contributed by atoms with Crippen LogP contribution in [-0.2, 0) is 16.1 Å². The van der Waals surface area contributed by atoms with Crippen molar-refractivity contribution < 1.29 is 9.53 Å². The Bertz CT molecular complexity index is 314. The Balaban J connectivity index is 2.58. The highest BCUT2D eigenvalue weighted by Gasteiger charge is 2.03. The van der Waals surface area contributed by atoms with Gasteiger partial charge >= 0.3 is 4.87 Å². The van der Waals surface area contributed by atoms with Gasteiger partial charge in [-0.25, -0.2) is 0 Å². The normalized spacial score (nSPS) is 10.1. The number of aromatic nitrogens is 1. The predicted molar refractivity (Wildman–Crippen MR) is 45.5 cm³/mol. The van der Waals surface area contributed by atoms with E-state index in [9.17, 15) is 9.59 Å². The van der Waals surface area contributed by atoms with E-state index in [1.165, 1.54) is 11.7 Å². The van der Waals surface area contributed by atoms with Crippen LogP contribution in [0.2, 0.25) is 0 Å². The summed E-state index contributed by atoms with van der Waals surface area (Å²) in [6.45, 7) is 0.165. The maximum Gasteiger partial charge on any atom is 0.307 e. The number of ketones is 1. The van der Waals surface area contributed by atoms with Gasteiger partial charge in [0.05, 0.1) is 6.54 Å². The first-order valence-corrected chi connectivity index (χ1v) is 4.26. The number of ether oxygens (including phenoxy) is 1. The molecule has 0 atom stereocenters. The van der Waals surface area contributed by atoms with E-state index in [4.69, 9.17) is 0 Å². The number of rotatable bonds is 4. The van der Waals surface area contributed by atoms with Crippen LogP contribution in [0.3, 0.4) is 0 Å². The Morgan fingerprint density at radius 3 is 3.00 bits per heavy atom. The first-order chi connectivity index (χ1) is 5.74. The summed E-state index contributed by atoms with van der Waals surface area (Å²) in [4.78, 5) is 21.8. The van der Waals surface area contributed by atoms with E-state index >= 15 is 0 Å². The molecule has 5 heteroatoms. The van der Waals surface area contributed by atoms with Crippen LogP contribution in [0.15, 0.2) is 16.4 Å². The minimum atomic E-state index is -0.112. The molecule has 4 nitrogen and oxygen atoms in total. The van der Waals surface area contributed by atoms with E-state index in [1.54, 1.807) is 11.6 Å². The van der Waals surface area contributed by atoms with Crippen molar-refractivity contribution in [1.29, 1.82) is 0 Å². The lowest BCUT2D eigenvalue weighted by Gasteiger charge is -1.98. The number of thiazole rings is 1. The molecule has 0 bridgehead atoms. The molecule has 0 aliphatic heterocycles. The summed E-state index contributed by atoms with van der Waals surface area (Å²) in [5.41, 5.74) is 0. The Morgan fingerprint density at radius 2 is 2.50 bits per heavy atom. The minimum Gasteiger partial charge on any atom is -0.377 e. The number of hydrogen-bond donors (Lipinski definition) is 0. The van der Waals surface area contributed by atoms with E-state index in [0.29, 0.717) is 0 Å². The number of nitrogens with zero attached hydrogens (tertiary/aromatic N) is 1. The molecule has 0 aromatic carbocycles. The molecule has 12 heavy (non-hydrogen) atoms. The van der Waals surface area contributed by atoms with Crippen LogP contribution in [0.25, 0.3) is 0 Å². The molecule has 66 valence electrons. The fourth-order valence-corrected chi connectivity index (χ4v) is 1.39. The molecule has 0 saturated carbocycles. The molecule has 0 saturated heterocycles. The Hall–Kier alpha value is -0.940. The Morgan fingerprint density at radius 1 is 1.75 bits per heavy atom. The SMILES string of the molecule is COCC(=O)Cn1ccsc1=O. The van der Waals surface area contributed by atoms with Crippen LogP contribution in [-0.4, -0.2) is 24.1 Å². The molecule has 0 amide bonds. The topological polar surface area (TPSA) is 48.3 Å². The number of hydrogen-bond acceptors (Lipinski definition) is 4. The smallest absolute Gasteiger partial charge is 0.307 e. The second kappa shape index (κ2) is 4.18. The van der Waals surface area contributed by atoms with E-state index in [-0.39, 0.29) is 23.8 Å². The van der Waals surface area contributed by atoms with Crippen molar-refractivity contribution >= 4 is 17.1 Å². The zero-order valence-electron chi connectivity index (χ0n) is 6.65. The number of carbonyl (C=O) groups is 1. The summed E-state index contributed by atoms with van der Waals surface area (Å²) in [7, 11) is 1.45. The van der Waals surface area contributed by atoms with Gasteiger partial charge in [-0.3, -0.25) is 14.2 Å². The third-order valence-corrected chi connectivity index (χ3v) is 1.99. The summed E-state index contributed by atoms with van der Waals surface area (Å²) in [5, 5.41) is 1.66. The molecule has 0 radical (unpaired) electrons. The highest BCUT2D eigenvalue weighted by molar-refractivity contribution is 7.07. The van der Waals surface area contributed by atoms with Crippen LogP contribution in [0.4, 0.5) is 0 Å². The largest absolute Gasteiger partial charge is 0.377 e. The van der Waals surface area contributed by atoms with Crippen molar-refractivity contribution in [2.24, 2.45) is 0 Å². The lowest BCUT2D eigenvalue weighted by atomic mass is 10.4. The number of carbonyl (C=O) groups excluding carboxylic acids is 1. The van der Waals surface area contributed by atoms with Gasteiger partial charge < -0.3 is 4.74 Å². The summed E-state index contributed by atoms with van der Waals surface area (Å²) in [6, 6.07) is 0. The van der Waals surface area contributed by atoms with Crippen LogP contribution in [0, 0.1) is 0 Å². The monoisotopic (exact) mass is 187 g/mol. The number of Topliss-reactive ketones (excluding diaryl/α,β-unsaturated/α-hetero) is 1. The van der Waals surface area contributed by atoms with Crippen LogP contribution >= 0.6 is 11.3 Å². The second-order valence-corrected chi connectivity index (χ2v) is 3.13. The lowest BCUT2D eigenvalue weighted by molar-refractivity contribution is -0.123. The van der Waals surface area contributed by atoms with Crippen LogP contribution in [0.1, 0.15) is 0 Å². The third kappa shape index (κ3) is 2.28. The zero-order chi connectivity index (χ0) is 8.97. The summed E-state index contributed by atoms with van der Waals surface area (Å²) < 4.78 is 6.00. The molecule has 1 aromatic rings. The van der Waals surface area contributed by atoms with Crippen molar-refractivity contribution in [3.05, 3.63) is 21.2 Å². The summed E-state index contributed by atoms with van der Waals surface area (Å²) in [6.07, 6.45) is 1.60. The average Bonchev–Trinajstić information content (AvgIpc) is 2.37.